The second kappa shape index (κ2) is 4.38. The average molecular weight is 284 g/mol. The van der Waals surface area contributed by atoms with E-state index in [2.05, 4.69) is 54.2 Å². The maximum Gasteiger partial charge on any atom is 0.123 e. The fourth-order valence-corrected chi connectivity index (χ4v) is 2.39. The molecule has 1 aromatic rings. The Morgan fingerprint density at radius 1 is 1.38 bits per heavy atom. The second-order valence-electron chi connectivity index (χ2n) is 5.36. The van der Waals surface area contributed by atoms with Crippen molar-refractivity contribution in [2.75, 3.05) is 6.61 Å². The summed E-state index contributed by atoms with van der Waals surface area (Å²) < 4.78 is 6.85. The minimum Gasteiger partial charge on any atom is -0.492 e. The largest absolute Gasteiger partial charge is 0.492 e. The third-order valence-corrected chi connectivity index (χ3v) is 3.07. The van der Waals surface area contributed by atoms with Gasteiger partial charge in [0.15, 0.2) is 0 Å². The molecule has 1 unspecified atom stereocenters. The fourth-order valence-electron chi connectivity index (χ4n) is 2.05. The van der Waals surface area contributed by atoms with Gasteiger partial charge in [-0.15, -0.1) is 0 Å². The van der Waals surface area contributed by atoms with E-state index < -0.39 is 0 Å². The molecule has 88 valence electrons. The molecule has 16 heavy (non-hydrogen) atoms. The highest BCUT2D eigenvalue weighted by atomic mass is 79.9. The SMILES string of the molecule is CC(C)(C)NC1COc2cc(Br)ccc2C1. The van der Waals surface area contributed by atoms with Crippen LogP contribution in [0.15, 0.2) is 22.7 Å². The number of fused-ring (bicyclic) bond motifs is 1. The molecule has 1 N–H and O–H groups in total. The zero-order chi connectivity index (χ0) is 11.8. The molecule has 3 heteroatoms. The third kappa shape index (κ3) is 2.98. The van der Waals surface area contributed by atoms with Crippen LogP contribution in [0.4, 0.5) is 0 Å². The van der Waals surface area contributed by atoms with Gasteiger partial charge < -0.3 is 10.1 Å². The molecule has 1 atom stereocenters. The quantitative estimate of drug-likeness (QED) is 0.855. The van der Waals surface area contributed by atoms with Gasteiger partial charge >= 0.3 is 0 Å². The molecule has 0 spiro atoms. The Labute approximate surface area is 106 Å². The van der Waals surface area contributed by atoms with E-state index in [0.717, 1.165) is 23.2 Å². The molecule has 1 aliphatic rings. The summed E-state index contributed by atoms with van der Waals surface area (Å²) in [4.78, 5) is 0. The first kappa shape index (κ1) is 11.9. The molecule has 0 saturated carbocycles. The number of hydrogen-bond acceptors (Lipinski definition) is 2. The Kier molecular flexibility index (Phi) is 3.27. The zero-order valence-electron chi connectivity index (χ0n) is 10.0. The van der Waals surface area contributed by atoms with Gasteiger partial charge in [0.1, 0.15) is 12.4 Å². The van der Waals surface area contributed by atoms with Crippen molar-refractivity contribution in [2.24, 2.45) is 0 Å². The van der Waals surface area contributed by atoms with Gasteiger partial charge in [0.25, 0.3) is 0 Å². The maximum absolute atomic E-state index is 5.77. The molecule has 0 aromatic heterocycles. The highest BCUT2D eigenvalue weighted by molar-refractivity contribution is 9.10. The molecule has 1 aromatic carbocycles. The maximum atomic E-state index is 5.77. The standard InChI is InChI=1S/C13H18BrNO/c1-13(2,3)15-11-6-9-4-5-10(14)7-12(9)16-8-11/h4-5,7,11,15H,6,8H2,1-3H3. The Balaban J connectivity index is 2.09. The molecule has 1 heterocycles. The van der Waals surface area contributed by atoms with Gasteiger partial charge in [0.05, 0.1) is 0 Å². The number of nitrogens with one attached hydrogen (secondary N) is 1. The van der Waals surface area contributed by atoms with Crippen LogP contribution < -0.4 is 10.1 Å². The lowest BCUT2D eigenvalue weighted by atomic mass is 9.99. The summed E-state index contributed by atoms with van der Waals surface area (Å²) in [6.45, 7) is 7.30. The van der Waals surface area contributed by atoms with E-state index >= 15 is 0 Å². The lowest BCUT2D eigenvalue weighted by molar-refractivity contribution is 0.211. The summed E-state index contributed by atoms with van der Waals surface area (Å²) in [7, 11) is 0. The van der Waals surface area contributed by atoms with Crippen molar-refractivity contribution < 1.29 is 4.74 Å². The van der Waals surface area contributed by atoms with E-state index in [4.69, 9.17) is 4.74 Å². The van der Waals surface area contributed by atoms with Gasteiger partial charge in [-0.1, -0.05) is 22.0 Å². The van der Waals surface area contributed by atoms with E-state index in [-0.39, 0.29) is 5.54 Å². The summed E-state index contributed by atoms with van der Waals surface area (Å²) in [5, 5.41) is 3.58. The van der Waals surface area contributed by atoms with Crippen molar-refractivity contribution in [3.63, 3.8) is 0 Å². The molecule has 0 amide bonds. The lowest BCUT2D eigenvalue weighted by Crippen LogP contribution is -2.48. The highest BCUT2D eigenvalue weighted by Gasteiger charge is 2.23. The minimum atomic E-state index is 0.140. The smallest absolute Gasteiger partial charge is 0.123 e. The summed E-state index contributed by atoms with van der Waals surface area (Å²) in [6.07, 6.45) is 1.04. The predicted molar refractivity (Wildman–Crippen MR) is 70.0 cm³/mol. The predicted octanol–water partition coefficient (Wildman–Crippen LogP) is 3.14. The van der Waals surface area contributed by atoms with Crippen LogP contribution in [0.3, 0.4) is 0 Å². The van der Waals surface area contributed by atoms with Crippen molar-refractivity contribution in [2.45, 2.75) is 38.8 Å². The molecule has 0 saturated heterocycles. The normalized spacial score (nSPS) is 20.1. The van der Waals surface area contributed by atoms with E-state index in [1.165, 1.54) is 5.56 Å². The van der Waals surface area contributed by atoms with Gasteiger partial charge in [0, 0.05) is 16.1 Å². The van der Waals surface area contributed by atoms with Crippen LogP contribution >= 0.6 is 15.9 Å². The number of benzene rings is 1. The van der Waals surface area contributed by atoms with Crippen LogP contribution in [0.2, 0.25) is 0 Å². The van der Waals surface area contributed by atoms with Gasteiger partial charge in [-0.2, -0.15) is 0 Å². The Hall–Kier alpha value is -0.540. The topological polar surface area (TPSA) is 21.3 Å². The number of halogens is 1. The molecule has 2 rings (SSSR count). The number of ether oxygens (including phenoxy) is 1. The molecule has 2 nitrogen and oxygen atoms in total. The molecule has 0 aliphatic carbocycles. The Morgan fingerprint density at radius 2 is 2.12 bits per heavy atom. The number of hydrogen-bond donors (Lipinski definition) is 1. The van der Waals surface area contributed by atoms with Crippen molar-refractivity contribution >= 4 is 15.9 Å². The first-order valence-electron chi connectivity index (χ1n) is 5.63. The van der Waals surface area contributed by atoms with Crippen LogP contribution in [-0.2, 0) is 6.42 Å². The molecule has 0 bridgehead atoms. The average Bonchev–Trinajstić information content (AvgIpc) is 2.16. The van der Waals surface area contributed by atoms with Crippen molar-refractivity contribution in [1.82, 2.24) is 5.32 Å². The van der Waals surface area contributed by atoms with Crippen LogP contribution in [0, 0.1) is 0 Å². The first-order valence-corrected chi connectivity index (χ1v) is 6.42. The molecule has 1 aliphatic heterocycles. The van der Waals surface area contributed by atoms with E-state index in [1.54, 1.807) is 0 Å². The van der Waals surface area contributed by atoms with Crippen LogP contribution in [0.25, 0.3) is 0 Å². The van der Waals surface area contributed by atoms with Crippen LogP contribution in [0.1, 0.15) is 26.3 Å². The molecule has 0 radical (unpaired) electrons. The Morgan fingerprint density at radius 3 is 2.81 bits per heavy atom. The first-order chi connectivity index (χ1) is 7.44. The summed E-state index contributed by atoms with van der Waals surface area (Å²) >= 11 is 3.46. The second-order valence-corrected chi connectivity index (χ2v) is 6.27. The zero-order valence-corrected chi connectivity index (χ0v) is 11.6. The van der Waals surface area contributed by atoms with E-state index in [1.807, 2.05) is 6.07 Å². The van der Waals surface area contributed by atoms with Crippen LogP contribution in [0.5, 0.6) is 5.75 Å². The molecule has 0 fully saturated rings. The summed E-state index contributed by atoms with van der Waals surface area (Å²) in [5.74, 6) is 1.02. The van der Waals surface area contributed by atoms with E-state index in [0.29, 0.717) is 6.04 Å². The highest BCUT2D eigenvalue weighted by Crippen LogP contribution is 2.28. The number of rotatable bonds is 1. The Bertz CT molecular complexity index is 384. The van der Waals surface area contributed by atoms with Crippen molar-refractivity contribution in [1.29, 1.82) is 0 Å². The molecular weight excluding hydrogens is 266 g/mol. The summed E-state index contributed by atoms with van der Waals surface area (Å²) in [5.41, 5.74) is 1.43. The monoisotopic (exact) mass is 283 g/mol. The van der Waals surface area contributed by atoms with Crippen molar-refractivity contribution in [3.8, 4) is 5.75 Å². The lowest BCUT2D eigenvalue weighted by Gasteiger charge is -2.32. The minimum absolute atomic E-state index is 0.140. The third-order valence-electron chi connectivity index (χ3n) is 2.57. The summed E-state index contributed by atoms with van der Waals surface area (Å²) in [6, 6.07) is 6.66. The van der Waals surface area contributed by atoms with Gasteiger partial charge in [-0.3, -0.25) is 0 Å². The van der Waals surface area contributed by atoms with Gasteiger partial charge in [-0.25, -0.2) is 0 Å². The van der Waals surface area contributed by atoms with Gasteiger partial charge in [-0.05, 0) is 44.9 Å². The van der Waals surface area contributed by atoms with Crippen molar-refractivity contribution in [3.05, 3.63) is 28.2 Å². The molecular formula is C13H18BrNO. The van der Waals surface area contributed by atoms with Crippen LogP contribution in [-0.4, -0.2) is 18.2 Å². The van der Waals surface area contributed by atoms with Gasteiger partial charge in [0.2, 0.25) is 0 Å². The fraction of sp³-hybridized carbons (Fsp3) is 0.538. The van der Waals surface area contributed by atoms with E-state index in [9.17, 15) is 0 Å².